The van der Waals surface area contributed by atoms with Gasteiger partial charge in [-0.2, -0.15) is 0 Å². The number of aromatic nitrogens is 3. The summed E-state index contributed by atoms with van der Waals surface area (Å²) in [6.45, 7) is 3.11. The van der Waals surface area contributed by atoms with Gasteiger partial charge in [0.1, 0.15) is 9.53 Å². The molecule has 0 spiro atoms. The molecule has 0 amide bonds. The van der Waals surface area contributed by atoms with Crippen molar-refractivity contribution >= 4 is 37.5 Å². The zero-order valence-corrected chi connectivity index (χ0v) is 16.6. The summed E-state index contributed by atoms with van der Waals surface area (Å²) in [5, 5.41) is 0.989. The molecule has 0 aliphatic heterocycles. The molecule has 1 fully saturated rings. The fourth-order valence-electron chi connectivity index (χ4n) is 4.04. The molecule has 3 aromatic heterocycles. The van der Waals surface area contributed by atoms with Gasteiger partial charge in [0, 0.05) is 26.8 Å². The van der Waals surface area contributed by atoms with E-state index in [0.29, 0.717) is 0 Å². The van der Waals surface area contributed by atoms with Gasteiger partial charge in [0.25, 0.3) is 5.56 Å². The van der Waals surface area contributed by atoms with Crippen molar-refractivity contribution in [3.8, 4) is 0 Å². The first-order valence-corrected chi connectivity index (χ1v) is 10.3. The lowest BCUT2D eigenvalue weighted by molar-refractivity contribution is 0.268. The third kappa shape index (κ3) is 3.11. The maximum absolute atomic E-state index is 13.0. The number of thiophene rings is 1. The fourth-order valence-corrected chi connectivity index (χ4v) is 5.11. The molecule has 138 valence electrons. The van der Waals surface area contributed by atoms with Crippen molar-refractivity contribution in [3.05, 3.63) is 28.9 Å². The number of fused-ring (bicyclic) bond motifs is 3. The topological polar surface area (TPSA) is 51.0 Å². The minimum atomic E-state index is 0.0758. The average molecular weight is 371 g/mol. The highest BCUT2D eigenvalue weighted by Gasteiger charge is 2.19. The normalized spacial score (nSPS) is 20.7. The highest BCUT2D eigenvalue weighted by atomic mass is 32.1. The van der Waals surface area contributed by atoms with E-state index in [9.17, 15) is 4.79 Å². The maximum atomic E-state index is 13.0. The van der Waals surface area contributed by atoms with E-state index in [1.807, 2.05) is 25.1 Å². The fraction of sp³-hybridized carbons (Fsp3) is 0.550. The van der Waals surface area contributed by atoms with Crippen molar-refractivity contribution in [1.82, 2.24) is 14.5 Å². The van der Waals surface area contributed by atoms with Crippen molar-refractivity contribution in [2.24, 2.45) is 11.8 Å². The molecule has 4 rings (SSSR count). The molecule has 1 aliphatic rings. The summed E-state index contributed by atoms with van der Waals surface area (Å²) in [6.07, 6.45) is 9.85. The van der Waals surface area contributed by atoms with Gasteiger partial charge >= 0.3 is 0 Å². The Bertz CT molecular complexity index is 983. The lowest BCUT2D eigenvalue weighted by Gasteiger charge is -2.26. The van der Waals surface area contributed by atoms with Gasteiger partial charge in [-0.15, -0.1) is 11.3 Å². The standard InChI is InChI=1S/C20H26N4OS/c1-13-4-6-14(7-5-13)9-11-24-12-22-17-16-15(23(2)3)8-10-21-19(16)26-18(17)20(24)25/h8,10,12-14H,4-7,9,11H2,1-3H3. The van der Waals surface area contributed by atoms with E-state index in [1.165, 1.54) is 37.0 Å². The second-order valence-electron chi connectivity index (χ2n) is 7.84. The van der Waals surface area contributed by atoms with Crippen LogP contribution in [-0.2, 0) is 6.54 Å². The third-order valence-corrected chi connectivity index (χ3v) is 6.80. The first-order chi connectivity index (χ1) is 12.5. The molecular formula is C20H26N4OS. The first kappa shape index (κ1) is 17.5. The predicted octanol–water partition coefficient (Wildman–Crippen LogP) is 4.29. The van der Waals surface area contributed by atoms with Crippen LogP contribution in [0.25, 0.3) is 20.4 Å². The molecule has 0 radical (unpaired) electrons. The monoisotopic (exact) mass is 370 g/mol. The van der Waals surface area contributed by atoms with E-state index in [1.54, 1.807) is 17.1 Å². The van der Waals surface area contributed by atoms with Gasteiger partial charge in [0.05, 0.1) is 22.9 Å². The lowest BCUT2D eigenvalue weighted by Crippen LogP contribution is -2.22. The predicted molar refractivity (Wildman–Crippen MR) is 109 cm³/mol. The SMILES string of the molecule is CC1CCC(CCn2cnc3c(sc4nccc(N(C)C)c43)c2=O)CC1. The number of anilines is 1. The molecule has 1 aliphatic carbocycles. The lowest BCUT2D eigenvalue weighted by atomic mass is 9.81. The molecule has 26 heavy (non-hydrogen) atoms. The van der Waals surface area contributed by atoms with Crippen molar-refractivity contribution < 1.29 is 0 Å². The zero-order valence-electron chi connectivity index (χ0n) is 15.7. The Kier molecular flexibility index (Phi) is 4.69. The number of pyridine rings is 1. The Labute approximate surface area is 157 Å². The second kappa shape index (κ2) is 6.99. The van der Waals surface area contributed by atoms with Crippen LogP contribution in [-0.4, -0.2) is 28.6 Å². The van der Waals surface area contributed by atoms with Gasteiger partial charge in [-0.25, -0.2) is 9.97 Å². The number of aryl methyl sites for hydroxylation is 1. The Morgan fingerprint density at radius 2 is 2.00 bits per heavy atom. The van der Waals surface area contributed by atoms with Crippen LogP contribution in [0.5, 0.6) is 0 Å². The molecule has 0 saturated heterocycles. The number of nitrogens with zero attached hydrogens (tertiary/aromatic N) is 4. The summed E-state index contributed by atoms with van der Waals surface area (Å²) >= 11 is 1.46. The van der Waals surface area contributed by atoms with Crippen LogP contribution in [0.2, 0.25) is 0 Å². The molecule has 3 heterocycles. The molecule has 5 nitrogen and oxygen atoms in total. The largest absolute Gasteiger partial charge is 0.377 e. The number of hydrogen-bond donors (Lipinski definition) is 0. The van der Waals surface area contributed by atoms with E-state index in [-0.39, 0.29) is 5.56 Å². The first-order valence-electron chi connectivity index (χ1n) is 9.48. The number of hydrogen-bond acceptors (Lipinski definition) is 5. The summed E-state index contributed by atoms with van der Waals surface area (Å²) in [5.74, 6) is 1.61. The van der Waals surface area contributed by atoms with Crippen LogP contribution in [0.4, 0.5) is 5.69 Å². The number of rotatable bonds is 4. The Hall–Kier alpha value is -1.95. The zero-order chi connectivity index (χ0) is 18.3. The summed E-state index contributed by atoms with van der Waals surface area (Å²) in [5.41, 5.74) is 1.92. The molecule has 6 heteroatoms. The Morgan fingerprint density at radius 3 is 2.73 bits per heavy atom. The quantitative estimate of drug-likeness (QED) is 0.687. The van der Waals surface area contributed by atoms with Gasteiger partial charge in [-0.3, -0.25) is 9.36 Å². The molecule has 1 saturated carbocycles. The van der Waals surface area contributed by atoms with Gasteiger partial charge in [0.2, 0.25) is 0 Å². The van der Waals surface area contributed by atoms with E-state index in [2.05, 4.69) is 16.9 Å². The molecule has 0 N–H and O–H groups in total. The molecular weight excluding hydrogens is 344 g/mol. The summed E-state index contributed by atoms with van der Waals surface area (Å²) in [6, 6.07) is 1.98. The van der Waals surface area contributed by atoms with Gasteiger partial charge in [0.15, 0.2) is 0 Å². The van der Waals surface area contributed by atoms with Gasteiger partial charge in [-0.05, 0) is 24.3 Å². The van der Waals surface area contributed by atoms with E-state index < -0.39 is 0 Å². The van der Waals surface area contributed by atoms with Crippen LogP contribution < -0.4 is 10.5 Å². The van der Waals surface area contributed by atoms with Gasteiger partial charge < -0.3 is 4.90 Å². The van der Waals surface area contributed by atoms with Gasteiger partial charge in [-0.1, -0.05) is 32.6 Å². The summed E-state index contributed by atoms with van der Waals surface area (Å²) in [4.78, 5) is 25.0. The van der Waals surface area contributed by atoms with Crippen molar-refractivity contribution in [1.29, 1.82) is 0 Å². The molecule has 0 atom stereocenters. The van der Waals surface area contributed by atoms with Crippen LogP contribution in [0.1, 0.15) is 39.0 Å². The highest BCUT2D eigenvalue weighted by molar-refractivity contribution is 7.25. The van der Waals surface area contributed by atoms with Crippen LogP contribution in [0.15, 0.2) is 23.4 Å². The van der Waals surface area contributed by atoms with E-state index >= 15 is 0 Å². The summed E-state index contributed by atoms with van der Waals surface area (Å²) in [7, 11) is 4.01. The van der Waals surface area contributed by atoms with Crippen molar-refractivity contribution in [2.45, 2.75) is 45.6 Å². The minimum Gasteiger partial charge on any atom is -0.377 e. The smallest absolute Gasteiger partial charge is 0.271 e. The van der Waals surface area contributed by atoms with E-state index in [4.69, 9.17) is 0 Å². The van der Waals surface area contributed by atoms with E-state index in [0.717, 1.165) is 50.9 Å². The average Bonchev–Trinajstić information content (AvgIpc) is 3.02. The van der Waals surface area contributed by atoms with Crippen LogP contribution in [0.3, 0.4) is 0 Å². The molecule has 0 unspecified atom stereocenters. The highest BCUT2D eigenvalue weighted by Crippen LogP contribution is 2.35. The Balaban J connectivity index is 1.66. The molecule has 0 aromatic carbocycles. The maximum Gasteiger partial charge on any atom is 0.271 e. The second-order valence-corrected chi connectivity index (χ2v) is 8.84. The van der Waals surface area contributed by atoms with Crippen molar-refractivity contribution in [3.63, 3.8) is 0 Å². The minimum absolute atomic E-state index is 0.0758. The molecule has 0 bridgehead atoms. The third-order valence-electron chi connectivity index (χ3n) is 5.72. The van der Waals surface area contributed by atoms with Crippen LogP contribution in [0, 0.1) is 11.8 Å². The van der Waals surface area contributed by atoms with Crippen LogP contribution >= 0.6 is 11.3 Å². The van der Waals surface area contributed by atoms with Crippen molar-refractivity contribution in [2.75, 3.05) is 19.0 Å². The molecule has 3 aromatic rings. The summed E-state index contributed by atoms with van der Waals surface area (Å²) < 4.78 is 2.52. The Morgan fingerprint density at radius 1 is 1.23 bits per heavy atom.